The molecule has 2 heterocycles. The maximum Gasteiger partial charge on any atom is 0.254 e. The van der Waals surface area contributed by atoms with Crippen LogP contribution in [0.2, 0.25) is 0 Å². The summed E-state index contributed by atoms with van der Waals surface area (Å²) in [5.41, 5.74) is 1.71. The third kappa shape index (κ3) is 3.96. The molecule has 4 rings (SSSR count). The lowest BCUT2D eigenvalue weighted by Crippen LogP contribution is -2.36. The monoisotopic (exact) mass is 440 g/mol. The Labute approximate surface area is 172 Å². The molecule has 1 aromatic carbocycles. The molecule has 0 spiro atoms. The van der Waals surface area contributed by atoms with Crippen LogP contribution in [0.3, 0.4) is 0 Å². The number of benzene rings is 1. The van der Waals surface area contributed by atoms with E-state index in [1.165, 1.54) is 6.33 Å². The van der Waals surface area contributed by atoms with Crippen molar-refractivity contribution in [3.05, 3.63) is 64.4 Å². The van der Waals surface area contributed by atoms with E-state index in [4.69, 9.17) is 0 Å². The molecule has 1 amide bonds. The molecule has 0 bridgehead atoms. The van der Waals surface area contributed by atoms with Crippen LogP contribution in [0.1, 0.15) is 47.6 Å². The summed E-state index contributed by atoms with van der Waals surface area (Å²) in [5, 5.41) is 4.28. The number of hydrogen-bond acceptors (Lipinski definition) is 5. The Kier molecular flexibility index (Phi) is 5.21. The van der Waals surface area contributed by atoms with Crippen molar-refractivity contribution in [3.8, 4) is 5.95 Å². The zero-order valence-corrected chi connectivity index (χ0v) is 17.4. The summed E-state index contributed by atoms with van der Waals surface area (Å²) < 4.78 is 2.50. The minimum Gasteiger partial charge on any atom is -0.328 e. The van der Waals surface area contributed by atoms with Gasteiger partial charge in [-0.2, -0.15) is 9.78 Å². The predicted octanol–water partition coefficient (Wildman–Crippen LogP) is 3.74. The summed E-state index contributed by atoms with van der Waals surface area (Å²) in [7, 11) is 0. The number of rotatable bonds is 6. The summed E-state index contributed by atoms with van der Waals surface area (Å²) >= 11 is 3.50. The Bertz CT molecular complexity index is 965. The number of hydrogen-bond donors (Lipinski definition) is 0. The lowest BCUT2D eigenvalue weighted by molar-refractivity contribution is 0.0670. The van der Waals surface area contributed by atoms with Crippen LogP contribution in [-0.2, 0) is 0 Å². The zero-order chi connectivity index (χ0) is 19.7. The van der Waals surface area contributed by atoms with E-state index in [2.05, 4.69) is 36.0 Å². The van der Waals surface area contributed by atoms with E-state index in [9.17, 15) is 4.79 Å². The smallest absolute Gasteiger partial charge is 0.254 e. The number of nitrogens with zero attached hydrogens (tertiary/aromatic N) is 6. The molecule has 3 aromatic rings. The molecule has 2 aromatic heterocycles. The molecule has 0 saturated heterocycles. The third-order valence-corrected chi connectivity index (χ3v) is 5.32. The second-order valence-corrected chi connectivity index (χ2v) is 8.09. The molecule has 0 aliphatic heterocycles. The summed E-state index contributed by atoms with van der Waals surface area (Å²) in [5.74, 6) is 1.63. The highest BCUT2D eigenvalue weighted by molar-refractivity contribution is 9.10. The van der Waals surface area contributed by atoms with Gasteiger partial charge in [-0.05, 0) is 62.4 Å². The lowest BCUT2D eigenvalue weighted by atomic mass is 10.1. The van der Waals surface area contributed by atoms with E-state index in [1.807, 2.05) is 36.9 Å². The molecule has 1 aliphatic carbocycles. The normalized spacial score (nSPS) is 14.7. The van der Waals surface area contributed by atoms with Gasteiger partial charge in [0.25, 0.3) is 11.9 Å². The molecule has 0 N–H and O–H groups in total. The quantitative estimate of drug-likeness (QED) is 0.583. The fourth-order valence-corrected chi connectivity index (χ4v) is 3.86. The van der Waals surface area contributed by atoms with E-state index in [1.54, 1.807) is 23.1 Å². The van der Waals surface area contributed by atoms with Crippen molar-refractivity contribution in [1.82, 2.24) is 29.6 Å². The van der Waals surface area contributed by atoms with Crippen LogP contribution < -0.4 is 0 Å². The molecule has 1 atom stereocenters. The molecule has 1 fully saturated rings. The van der Waals surface area contributed by atoms with Crippen molar-refractivity contribution in [1.29, 1.82) is 0 Å². The van der Waals surface area contributed by atoms with Crippen molar-refractivity contribution in [2.45, 2.75) is 32.7 Å². The van der Waals surface area contributed by atoms with Crippen LogP contribution in [0.4, 0.5) is 0 Å². The van der Waals surface area contributed by atoms with Gasteiger partial charge in [0.05, 0.1) is 6.04 Å². The number of aromatic nitrogens is 5. The number of halogens is 1. The lowest BCUT2D eigenvalue weighted by Gasteiger charge is -2.29. The van der Waals surface area contributed by atoms with Gasteiger partial charge in [0.15, 0.2) is 5.82 Å². The number of carbonyl (C=O) groups is 1. The number of carbonyl (C=O) groups excluding carboxylic acids is 1. The summed E-state index contributed by atoms with van der Waals surface area (Å²) in [6.07, 6.45) is 7.11. The summed E-state index contributed by atoms with van der Waals surface area (Å²) in [6, 6.07) is 7.27. The maximum atomic E-state index is 13.4. The van der Waals surface area contributed by atoms with Gasteiger partial charge in [-0.1, -0.05) is 15.9 Å². The fraction of sp³-hybridized carbons (Fsp3) is 0.350. The van der Waals surface area contributed by atoms with Crippen LogP contribution in [-0.4, -0.2) is 42.1 Å². The first kappa shape index (κ1) is 18.7. The highest BCUT2D eigenvalue weighted by atomic mass is 79.9. The topological polar surface area (TPSA) is 76.8 Å². The van der Waals surface area contributed by atoms with Gasteiger partial charge in [0.2, 0.25) is 0 Å². The molecule has 28 heavy (non-hydrogen) atoms. The highest BCUT2D eigenvalue weighted by Crippen LogP contribution is 2.33. The van der Waals surface area contributed by atoms with Gasteiger partial charge in [0, 0.05) is 29.0 Å². The highest BCUT2D eigenvalue weighted by Gasteiger charge is 2.33. The Morgan fingerprint density at radius 3 is 2.68 bits per heavy atom. The van der Waals surface area contributed by atoms with Crippen molar-refractivity contribution in [2.24, 2.45) is 5.92 Å². The Morgan fingerprint density at radius 1 is 1.25 bits per heavy atom. The third-order valence-electron chi connectivity index (χ3n) is 4.86. The predicted molar refractivity (Wildman–Crippen MR) is 108 cm³/mol. The Balaban J connectivity index is 1.68. The first-order valence-corrected chi connectivity index (χ1v) is 10.1. The average Bonchev–Trinajstić information content (AvgIpc) is 3.37. The molecule has 7 nitrogen and oxygen atoms in total. The average molecular weight is 441 g/mol. The summed E-state index contributed by atoms with van der Waals surface area (Å²) in [4.78, 5) is 28.3. The van der Waals surface area contributed by atoms with Crippen molar-refractivity contribution in [3.63, 3.8) is 0 Å². The Hall–Kier alpha value is -2.61. The van der Waals surface area contributed by atoms with Crippen LogP contribution >= 0.6 is 15.9 Å². The molecular weight excluding hydrogens is 420 g/mol. The number of amides is 1. The van der Waals surface area contributed by atoms with E-state index in [0.717, 1.165) is 22.9 Å². The van der Waals surface area contributed by atoms with Crippen molar-refractivity contribution in [2.75, 3.05) is 6.54 Å². The van der Waals surface area contributed by atoms with E-state index < -0.39 is 0 Å². The molecule has 1 unspecified atom stereocenters. The molecule has 8 heteroatoms. The van der Waals surface area contributed by atoms with Gasteiger partial charge in [0.1, 0.15) is 6.33 Å². The molecule has 0 radical (unpaired) electrons. The van der Waals surface area contributed by atoms with Gasteiger partial charge in [-0.15, -0.1) is 0 Å². The van der Waals surface area contributed by atoms with Crippen LogP contribution in [0.25, 0.3) is 5.95 Å². The SMILES string of the molecule is Cc1cc(Br)cc(C(=O)N(CC2CC2)C(C)c2ncnn2-c2ncccn2)c1. The first-order valence-electron chi connectivity index (χ1n) is 9.28. The molecule has 144 valence electrons. The van der Waals surface area contributed by atoms with Crippen LogP contribution in [0.15, 0.2) is 47.5 Å². The standard InChI is InChI=1S/C20H21BrN6O/c1-13-8-16(10-17(21)9-13)19(28)26(11-15-4-5-15)14(2)18-24-12-25-27(18)20-22-6-3-7-23-20/h3,6-10,12,14-15H,4-5,11H2,1-2H3. The number of aryl methyl sites for hydroxylation is 1. The van der Waals surface area contributed by atoms with E-state index >= 15 is 0 Å². The maximum absolute atomic E-state index is 13.4. The second-order valence-electron chi connectivity index (χ2n) is 7.17. The Morgan fingerprint density at radius 2 is 2.00 bits per heavy atom. The second kappa shape index (κ2) is 7.79. The van der Waals surface area contributed by atoms with Gasteiger partial charge >= 0.3 is 0 Å². The van der Waals surface area contributed by atoms with Crippen LogP contribution in [0.5, 0.6) is 0 Å². The summed E-state index contributed by atoms with van der Waals surface area (Å²) in [6.45, 7) is 4.67. The minimum absolute atomic E-state index is 0.00710. The molecular formula is C20H21BrN6O. The molecule has 1 saturated carbocycles. The minimum atomic E-state index is -0.265. The van der Waals surface area contributed by atoms with Crippen molar-refractivity contribution >= 4 is 21.8 Å². The van der Waals surface area contributed by atoms with Crippen molar-refractivity contribution < 1.29 is 4.79 Å². The largest absolute Gasteiger partial charge is 0.328 e. The van der Waals surface area contributed by atoms with Gasteiger partial charge in [-0.3, -0.25) is 4.79 Å². The fourth-order valence-electron chi connectivity index (χ4n) is 3.25. The van der Waals surface area contributed by atoms with E-state index in [-0.39, 0.29) is 11.9 Å². The van der Waals surface area contributed by atoms with Gasteiger partial charge in [-0.25, -0.2) is 15.0 Å². The van der Waals surface area contributed by atoms with Crippen LogP contribution in [0, 0.1) is 12.8 Å². The van der Waals surface area contributed by atoms with Gasteiger partial charge < -0.3 is 4.90 Å². The zero-order valence-electron chi connectivity index (χ0n) is 15.8. The van der Waals surface area contributed by atoms with E-state index in [0.29, 0.717) is 29.8 Å². The molecule has 1 aliphatic rings. The first-order chi connectivity index (χ1) is 13.5.